The number of aliphatic imine (C=N–C) groups is 1. The molecule has 2 saturated heterocycles. The maximum atomic E-state index is 12.2. The Morgan fingerprint density at radius 3 is 2.68 bits per heavy atom. The Kier molecular flexibility index (Phi) is 7.06. The van der Waals surface area contributed by atoms with Gasteiger partial charge in [0.15, 0.2) is 15.8 Å². The van der Waals surface area contributed by atoms with Crippen LogP contribution >= 0.6 is 0 Å². The standard InChI is InChI=1S/C16H31N5O3S/c1-17-16(19-13-7-11-25(23,24)12-13)18-8-5-10-21-9-4-6-14(21)15(22)20(2)3/h13-14H,4-12H2,1-3H3,(H2,17,18,19). The lowest BCUT2D eigenvalue weighted by molar-refractivity contribution is -0.133. The Labute approximate surface area is 151 Å². The van der Waals surface area contributed by atoms with Crippen LogP contribution in [-0.2, 0) is 14.6 Å². The van der Waals surface area contributed by atoms with Crippen LogP contribution in [0.4, 0.5) is 0 Å². The summed E-state index contributed by atoms with van der Waals surface area (Å²) in [6.07, 6.45) is 3.53. The molecule has 0 aromatic heterocycles. The summed E-state index contributed by atoms with van der Waals surface area (Å²) in [7, 11) is 2.40. The summed E-state index contributed by atoms with van der Waals surface area (Å²) in [6, 6.07) is -0.0481. The van der Waals surface area contributed by atoms with Gasteiger partial charge in [-0.1, -0.05) is 0 Å². The van der Waals surface area contributed by atoms with Gasteiger partial charge in [-0.15, -0.1) is 0 Å². The van der Waals surface area contributed by atoms with Gasteiger partial charge in [0.2, 0.25) is 5.91 Å². The molecule has 144 valence electrons. The first-order chi connectivity index (χ1) is 11.8. The first-order valence-electron chi connectivity index (χ1n) is 8.95. The number of hydrogen-bond acceptors (Lipinski definition) is 5. The summed E-state index contributed by atoms with van der Waals surface area (Å²) in [4.78, 5) is 20.3. The van der Waals surface area contributed by atoms with Crippen LogP contribution in [0.25, 0.3) is 0 Å². The summed E-state index contributed by atoms with van der Waals surface area (Å²) in [6.45, 7) is 2.57. The molecule has 2 aliphatic heterocycles. The fourth-order valence-corrected chi connectivity index (χ4v) is 5.13. The predicted octanol–water partition coefficient (Wildman–Crippen LogP) is -0.719. The van der Waals surface area contributed by atoms with Crippen molar-refractivity contribution in [3.05, 3.63) is 0 Å². The van der Waals surface area contributed by atoms with Crippen molar-refractivity contribution >= 4 is 21.7 Å². The molecule has 0 saturated carbocycles. The van der Waals surface area contributed by atoms with E-state index in [0.717, 1.165) is 38.9 Å². The van der Waals surface area contributed by atoms with Crippen molar-refractivity contribution in [1.29, 1.82) is 0 Å². The van der Waals surface area contributed by atoms with Crippen LogP contribution in [-0.4, -0.2) is 94.5 Å². The second-order valence-corrected chi connectivity index (χ2v) is 9.25. The van der Waals surface area contributed by atoms with Gasteiger partial charge in [-0.2, -0.15) is 0 Å². The van der Waals surface area contributed by atoms with Gasteiger partial charge >= 0.3 is 0 Å². The predicted molar refractivity (Wildman–Crippen MR) is 99.5 cm³/mol. The Balaban J connectivity index is 1.70. The molecule has 0 spiro atoms. The van der Waals surface area contributed by atoms with Crippen LogP contribution in [0, 0.1) is 0 Å². The number of carbonyl (C=O) groups excluding carboxylic acids is 1. The largest absolute Gasteiger partial charge is 0.356 e. The van der Waals surface area contributed by atoms with Gasteiger partial charge in [0.05, 0.1) is 17.5 Å². The number of likely N-dealkylation sites (N-methyl/N-ethyl adjacent to an activating group) is 1. The van der Waals surface area contributed by atoms with Crippen LogP contribution in [0.3, 0.4) is 0 Å². The Morgan fingerprint density at radius 1 is 1.32 bits per heavy atom. The van der Waals surface area contributed by atoms with Gasteiger partial charge in [-0.25, -0.2) is 8.42 Å². The number of sulfone groups is 1. The number of amides is 1. The van der Waals surface area contributed by atoms with E-state index in [0.29, 0.717) is 12.4 Å². The van der Waals surface area contributed by atoms with Crippen molar-refractivity contribution in [3.63, 3.8) is 0 Å². The molecule has 1 amide bonds. The topological polar surface area (TPSA) is 94.1 Å². The van der Waals surface area contributed by atoms with E-state index < -0.39 is 9.84 Å². The quantitative estimate of drug-likeness (QED) is 0.363. The highest BCUT2D eigenvalue weighted by Gasteiger charge is 2.31. The summed E-state index contributed by atoms with van der Waals surface area (Å²) in [5, 5.41) is 6.41. The maximum absolute atomic E-state index is 12.2. The number of guanidine groups is 1. The highest BCUT2D eigenvalue weighted by molar-refractivity contribution is 7.91. The minimum Gasteiger partial charge on any atom is -0.356 e. The Morgan fingerprint density at radius 2 is 2.08 bits per heavy atom. The molecule has 2 heterocycles. The molecule has 2 N–H and O–H groups in total. The minimum atomic E-state index is -2.89. The van der Waals surface area contributed by atoms with Crippen LogP contribution in [0.5, 0.6) is 0 Å². The molecule has 2 aliphatic rings. The SMILES string of the molecule is CN=C(NCCCN1CCCC1C(=O)N(C)C)NC1CCS(=O)(=O)C1. The zero-order chi connectivity index (χ0) is 18.4. The first kappa shape index (κ1) is 20.0. The third-order valence-electron chi connectivity index (χ3n) is 4.80. The highest BCUT2D eigenvalue weighted by atomic mass is 32.2. The minimum absolute atomic E-state index is 0.0103. The molecule has 0 aromatic carbocycles. The highest BCUT2D eigenvalue weighted by Crippen LogP contribution is 2.18. The molecule has 8 nitrogen and oxygen atoms in total. The molecule has 9 heteroatoms. The first-order valence-corrected chi connectivity index (χ1v) is 10.8. The van der Waals surface area contributed by atoms with Crippen LogP contribution in [0.1, 0.15) is 25.7 Å². The van der Waals surface area contributed by atoms with E-state index in [2.05, 4.69) is 20.5 Å². The monoisotopic (exact) mass is 373 g/mol. The molecule has 0 radical (unpaired) electrons. The van der Waals surface area contributed by atoms with Gasteiger partial charge in [-0.05, 0) is 32.2 Å². The lowest BCUT2D eigenvalue weighted by Crippen LogP contribution is -2.45. The zero-order valence-corrected chi connectivity index (χ0v) is 16.3. The summed E-state index contributed by atoms with van der Waals surface area (Å²) in [5.41, 5.74) is 0. The van der Waals surface area contributed by atoms with Gasteiger partial charge in [0, 0.05) is 40.3 Å². The summed E-state index contributed by atoms with van der Waals surface area (Å²) >= 11 is 0. The molecule has 2 fully saturated rings. The van der Waals surface area contributed by atoms with E-state index in [1.54, 1.807) is 26.0 Å². The average Bonchev–Trinajstić information content (AvgIpc) is 3.15. The smallest absolute Gasteiger partial charge is 0.239 e. The number of nitrogens with zero attached hydrogens (tertiary/aromatic N) is 3. The Hall–Kier alpha value is -1.35. The molecule has 0 aromatic rings. The molecule has 2 rings (SSSR count). The van der Waals surface area contributed by atoms with Crippen molar-refractivity contribution in [2.24, 2.45) is 4.99 Å². The third kappa shape index (κ3) is 5.85. The second-order valence-electron chi connectivity index (χ2n) is 7.02. The van der Waals surface area contributed by atoms with Crippen molar-refractivity contribution in [1.82, 2.24) is 20.4 Å². The number of hydrogen-bond donors (Lipinski definition) is 2. The van der Waals surface area contributed by atoms with Crippen molar-refractivity contribution < 1.29 is 13.2 Å². The number of likely N-dealkylation sites (tertiary alicyclic amines) is 1. The van der Waals surface area contributed by atoms with Crippen molar-refractivity contribution in [2.75, 3.05) is 52.3 Å². The third-order valence-corrected chi connectivity index (χ3v) is 6.57. The number of carbonyl (C=O) groups is 1. The van der Waals surface area contributed by atoms with Crippen molar-refractivity contribution in [3.8, 4) is 0 Å². The second kappa shape index (κ2) is 8.84. The van der Waals surface area contributed by atoms with Crippen LogP contribution in [0.15, 0.2) is 4.99 Å². The van der Waals surface area contributed by atoms with E-state index >= 15 is 0 Å². The van der Waals surface area contributed by atoms with Crippen molar-refractivity contribution in [2.45, 2.75) is 37.8 Å². The van der Waals surface area contributed by atoms with Gasteiger partial charge in [0.25, 0.3) is 0 Å². The van der Waals surface area contributed by atoms with E-state index in [1.165, 1.54) is 0 Å². The van der Waals surface area contributed by atoms with Crippen LogP contribution in [0.2, 0.25) is 0 Å². The average molecular weight is 374 g/mol. The number of nitrogens with one attached hydrogen (secondary N) is 2. The Bertz CT molecular complexity index is 591. The lowest BCUT2D eigenvalue weighted by atomic mass is 10.2. The molecule has 0 aliphatic carbocycles. The van der Waals surface area contributed by atoms with Gasteiger partial charge in [0.1, 0.15) is 0 Å². The van der Waals surface area contributed by atoms with Gasteiger partial charge in [-0.3, -0.25) is 14.7 Å². The molecule has 25 heavy (non-hydrogen) atoms. The van der Waals surface area contributed by atoms with E-state index in [1.807, 2.05) is 0 Å². The van der Waals surface area contributed by atoms with E-state index in [9.17, 15) is 13.2 Å². The zero-order valence-electron chi connectivity index (χ0n) is 15.5. The summed E-state index contributed by atoms with van der Waals surface area (Å²) < 4.78 is 23.0. The molecular weight excluding hydrogens is 342 g/mol. The fourth-order valence-electron chi connectivity index (χ4n) is 3.46. The van der Waals surface area contributed by atoms with Crippen LogP contribution < -0.4 is 10.6 Å². The molecule has 0 bridgehead atoms. The normalized spacial score (nSPS) is 26.6. The van der Waals surface area contributed by atoms with Gasteiger partial charge < -0.3 is 15.5 Å². The molecular formula is C16H31N5O3S. The van der Waals surface area contributed by atoms with E-state index in [4.69, 9.17) is 0 Å². The molecule has 2 atom stereocenters. The maximum Gasteiger partial charge on any atom is 0.239 e. The number of rotatable bonds is 6. The molecule has 2 unspecified atom stereocenters. The lowest BCUT2D eigenvalue weighted by Gasteiger charge is -2.26. The fraction of sp³-hybridized carbons (Fsp3) is 0.875. The van der Waals surface area contributed by atoms with E-state index in [-0.39, 0.29) is 29.5 Å². The summed E-state index contributed by atoms with van der Waals surface area (Å²) in [5.74, 6) is 1.25.